The molecule has 0 radical (unpaired) electrons. The largest absolute Gasteiger partial charge is 0.389 e. The Bertz CT molecular complexity index is 741. The third kappa shape index (κ3) is 4.33. The van der Waals surface area contributed by atoms with Crippen molar-refractivity contribution in [2.45, 2.75) is 26.0 Å². The number of amides is 1. The SMILES string of the molecule is CCOCC(O)CNc1ncnc2c1CCN(C(=O)c1cccnc1)C2. The standard InChI is InChI=1S/C18H23N5O3/c1-2-26-11-14(24)9-20-17-15-5-7-23(10-16(15)21-12-22-17)18(25)13-4-3-6-19-8-13/h3-4,6,8,12,14,24H,2,5,7,9-11H2,1H3,(H,20,21,22). The van der Waals surface area contributed by atoms with Gasteiger partial charge < -0.3 is 20.1 Å². The summed E-state index contributed by atoms with van der Waals surface area (Å²) in [7, 11) is 0. The van der Waals surface area contributed by atoms with Crippen molar-refractivity contribution in [3.05, 3.63) is 47.7 Å². The lowest BCUT2D eigenvalue weighted by Gasteiger charge is -2.29. The predicted octanol–water partition coefficient (Wildman–Crippen LogP) is 0.879. The van der Waals surface area contributed by atoms with Gasteiger partial charge in [0.2, 0.25) is 0 Å². The van der Waals surface area contributed by atoms with E-state index in [2.05, 4.69) is 20.3 Å². The second kappa shape index (κ2) is 8.68. The summed E-state index contributed by atoms with van der Waals surface area (Å²) in [6.07, 6.45) is 4.76. The topological polar surface area (TPSA) is 100 Å². The van der Waals surface area contributed by atoms with E-state index in [-0.39, 0.29) is 12.5 Å². The minimum atomic E-state index is -0.604. The van der Waals surface area contributed by atoms with Crippen molar-refractivity contribution in [1.82, 2.24) is 19.9 Å². The number of hydrogen-bond donors (Lipinski definition) is 2. The number of rotatable bonds is 7. The quantitative estimate of drug-likeness (QED) is 0.758. The number of nitrogens with one attached hydrogen (secondary N) is 1. The minimum absolute atomic E-state index is 0.0518. The predicted molar refractivity (Wildman–Crippen MR) is 95.7 cm³/mol. The molecule has 2 N–H and O–H groups in total. The maximum atomic E-state index is 12.6. The molecule has 1 unspecified atom stereocenters. The summed E-state index contributed by atoms with van der Waals surface area (Å²) in [5.41, 5.74) is 2.39. The molecule has 0 aliphatic carbocycles. The van der Waals surface area contributed by atoms with Crippen LogP contribution in [-0.4, -0.2) is 63.3 Å². The van der Waals surface area contributed by atoms with Gasteiger partial charge in [0.15, 0.2) is 0 Å². The molecule has 0 saturated carbocycles. The molecule has 2 aromatic rings. The highest BCUT2D eigenvalue weighted by Gasteiger charge is 2.25. The first-order chi connectivity index (χ1) is 12.7. The number of aliphatic hydroxyl groups is 1. The van der Waals surface area contributed by atoms with Crippen molar-refractivity contribution < 1.29 is 14.6 Å². The van der Waals surface area contributed by atoms with Gasteiger partial charge in [-0.25, -0.2) is 9.97 Å². The number of hydrogen-bond acceptors (Lipinski definition) is 7. The zero-order chi connectivity index (χ0) is 18.4. The number of carbonyl (C=O) groups excluding carboxylic acids is 1. The van der Waals surface area contributed by atoms with Crippen LogP contribution in [0.15, 0.2) is 30.9 Å². The van der Waals surface area contributed by atoms with Gasteiger partial charge in [0.1, 0.15) is 12.1 Å². The zero-order valence-corrected chi connectivity index (χ0v) is 14.8. The molecule has 8 heteroatoms. The monoisotopic (exact) mass is 357 g/mol. The molecule has 8 nitrogen and oxygen atoms in total. The third-order valence-electron chi connectivity index (χ3n) is 4.22. The van der Waals surface area contributed by atoms with E-state index in [4.69, 9.17) is 4.74 Å². The average molecular weight is 357 g/mol. The van der Waals surface area contributed by atoms with Gasteiger partial charge in [-0.05, 0) is 25.5 Å². The molecule has 0 bridgehead atoms. The second-order valence-corrected chi connectivity index (χ2v) is 6.06. The summed E-state index contributed by atoms with van der Waals surface area (Å²) in [5, 5.41) is 13.1. The van der Waals surface area contributed by atoms with Crippen LogP contribution in [0.25, 0.3) is 0 Å². The average Bonchev–Trinajstić information content (AvgIpc) is 2.70. The molecular formula is C18H23N5O3. The van der Waals surface area contributed by atoms with Gasteiger partial charge in [-0.15, -0.1) is 0 Å². The molecule has 0 spiro atoms. The Balaban J connectivity index is 1.66. The van der Waals surface area contributed by atoms with Crippen LogP contribution in [-0.2, 0) is 17.7 Å². The van der Waals surface area contributed by atoms with E-state index in [1.807, 2.05) is 6.92 Å². The van der Waals surface area contributed by atoms with Crippen LogP contribution in [0.5, 0.6) is 0 Å². The normalized spacial score (nSPS) is 14.6. The lowest BCUT2D eigenvalue weighted by molar-refractivity contribution is 0.0495. The van der Waals surface area contributed by atoms with E-state index < -0.39 is 6.10 Å². The highest BCUT2D eigenvalue weighted by atomic mass is 16.5. The van der Waals surface area contributed by atoms with E-state index in [1.165, 1.54) is 6.33 Å². The van der Waals surface area contributed by atoms with E-state index in [1.54, 1.807) is 29.4 Å². The molecule has 3 rings (SSSR count). The fourth-order valence-corrected chi connectivity index (χ4v) is 2.88. The van der Waals surface area contributed by atoms with E-state index in [0.29, 0.717) is 44.0 Å². The van der Waals surface area contributed by atoms with E-state index in [9.17, 15) is 9.90 Å². The lowest BCUT2D eigenvalue weighted by atomic mass is 10.0. The summed E-state index contributed by atoms with van der Waals surface area (Å²) in [4.78, 5) is 27.0. The highest BCUT2D eigenvalue weighted by molar-refractivity contribution is 5.94. The molecule has 138 valence electrons. The van der Waals surface area contributed by atoms with Gasteiger partial charge in [0.05, 0.1) is 30.5 Å². The first-order valence-corrected chi connectivity index (χ1v) is 8.70. The molecule has 3 heterocycles. The smallest absolute Gasteiger partial charge is 0.255 e. The minimum Gasteiger partial charge on any atom is -0.389 e. The number of anilines is 1. The van der Waals surface area contributed by atoms with Gasteiger partial charge in [-0.3, -0.25) is 9.78 Å². The summed E-state index contributed by atoms with van der Waals surface area (Å²) >= 11 is 0. The van der Waals surface area contributed by atoms with Crippen LogP contribution in [0.1, 0.15) is 28.5 Å². The van der Waals surface area contributed by atoms with Crippen LogP contribution in [0, 0.1) is 0 Å². The molecule has 1 atom stereocenters. The van der Waals surface area contributed by atoms with Crippen molar-refractivity contribution in [1.29, 1.82) is 0 Å². The van der Waals surface area contributed by atoms with Crippen molar-refractivity contribution in [3.63, 3.8) is 0 Å². The molecule has 0 fully saturated rings. The number of nitrogens with zero attached hydrogens (tertiary/aromatic N) is 4. The van der Waals surface area contributed by atoms with Gasteiger partial charge >= 0.3 is 0 Å². The summed E-state index contributed by atoms with van der Waals surface area (Å²) in [6, 6.07) is 3.51. The Morgan fingerprint density at radius 1 is 1.46 bits per heavy atom. The summed E-state index contributed by atoms with van der Waals surface area (Å²) in [5.74, 6) is 0.656. The maximum Gasteiger partial charge on any atom is 0.255 e. The van der Waals surface area contributed by atoms with Crippen molar-refractivity contribution in [2.75, 3.05) is 31.6 Å². The van der Waals surface area contributed by atoms with Crippen molar-refractivity contribution in [2.24, 2.45) is 0 Å². The molecule has 0 aromatic carbocycles. The molecule has 26 heavy (non-hydrogen) atoms. The van der Waals surface area contributed by atoms with Crippen LogP contribution < -0.4 is 5.32 Å². The molecule has 1 amide bonds. The number of aromatic nitrogens is 3. The van der Waals surface area contributed by atoms with Gasteiger partial charge in [0, 0.05) is 37.7 Å². The third-order valence-corrected chi connectivity index (χ3v) is 4.22. The van der Waals surface area contributed by atoms with E-state index >= 15 is 0 Å². The Morgan fingerprint density at radius 3 is 3.12 bits per heavy atom. The maximum absolute atomic E-state index is 12.6. The van der Waals surface area contributed by atoms with Crippen LogP contribution >= 0.6 is 0 Å². The number of ether oxygens (including phenoxy) is 1. The number of pyridine rings is 1. The Kier molecular flexibility index (Phi) is 6.08. The lowest BCUT2D eigenvalue weighted by Crippen LogP contribution is -2.37. The molecule has 0 saturated heterocycles. The van der Waals surface area contributed by atoms with Crippen LogP contribution in [0.4, 0.5) is 5.82 Å². The fourth-order valence-electron chi connectivity index (χ4n) is 2.88. The fraction of sp³-hybridized carbons (Fsp3) is 0.444. The molecule has 1 aliphatic heterocycles. The highest BCUT2D eigenvalue weighted by Crippen LogP contribution is 2.23. The van der Waals surface area contributed by atoms with Gasteiger partial charge in [-0.1, -0.05) is 0 Å². The van der Waals surface area contributed by atoms with Gasteiger partial charge in [-0.2, -0.15) is 0 Å². The van der Waals surface area contributed by atoms with Crippen molar-refractivity contribution >= 4 is 11.7 Å². The van der Waals surface area contributed by atoms with Crippen molar-refractivity contribution in [3.8, 4) is 0 Å². The second-order valence-electron chi connectivity index (χ2n) is 6.06. The molecular weight excluding hydrogens is 334 g/mol. The first kappa shape index (κ1) is 18.2. The van der Waals surface area contributed by atoms with Gasteiger partial charge in [0.25, 0.3) is 5.91 Å². The van der Waals surface area contributed by atoms with E-state index in [0.717, 1.165) is 11.3 Å². The summed E-state index contributed by atoms with van der Waals surface area (Å²) < 4.78 is 5.21. The number of fused-ring (bicyclic) bond motifs is 1. The Labute approximate surface area is 152 Å². The Hall–Kier alpha value is -2.58. The van der Waals surface area contributed by atoms with Crippen LogP contribution in [0.3, 0.4) is 0 Å². The molecule has 2 aromatic heterocycles. The first-order valence-electron chi connectivity index (χ1n) is 8.70. The van der Waals surface area contributed by atoms with Crippen LogP contribution in [0.2, 0.25) is 0 Å². The Morgan fingerprint density at radius 2 is 2.35 bits per heavy atom. The number of carbonyl (C=O) groups is 1. The number of aliphatic hydroxyl groups excluding tert-OH is 1. The zero-order valence-electron chi connectivity index (χ0n) is 14.8. The molecule has 1 aliphatic rings. The summed E-state index contributed by atoms with van der Waals surface area (Å²) in [6.45, 7) is 4.11.